The zero-order valence-electron chi connectivity index (χ0n) is 13.2. The Balaban J connectivity index is 1.46. The lowest BCUT2D eigenvalue weighted by atomic mass is 10.1. The average molecular weight is 342 g/mol. The number of thioether (sulfide) groups is 1. The lowest BCUT2D eigenvalue weighted by molar-refractivity contribution is 0.0766. The summed E-state index contributed by atoms with van der Waals surface area (Å²) in [6.07, 6.45) is 4.25. The first kappa shape index (κ1) is 15.3. The van der Waals surface area contributed by atoms with Crippen LogP contribution in [0, 0.1) is 0 Å². The maximum absolute atomic E-state index is 12.6. The van der Waals surface area contributed by atoms with Crippen LogP contribution in [0.5, 0.6) is 11.5 Å². The van der Waals surface area contributed by atoms with Gasteiger partial charge in [0.1, 0.15) is 0 Å². The molecule has 0 radical (unpaired) electrons. The third kappa shape index (κ3) is 3.06. The maximum atomic E-state index is 12.6. The summed E-state index contributed by atoms with van der Waals surface area (Å²) in [5, 5.41) is 0.367. The summed E-state index contributed by atoms with van der Waals surface area (Å²) >= 11 is 1.89. The van der Waals surface area contributed by atoms with Crippen molar-refractivity contribution in [3.05, 3.63) is 53.9 Å². The molecule has 2 aromatic rings. The number of carbonyl (C=O) groups is 1. The van der Waals surface area contributed by atoms with Crippen molar-refractivity contribution < 1.29 is 14.3 Å². The second kappa shape index (κ2) is 6.73. The van der Waals surface area contributed by atoms with Crippen LogP contribution in [0.2, 0.25) is 0 Å². The zero-order chi connectivity index (χ0) is 16.4. The van der Waals surface area contributed by atoms with Gasteiger partial charge in [-0.05, 0) is 36.2 Å². The number of aromatic nitrogens is 1. The van der Waals surface area contributed by atoms with E-state index in [-0.39, 0.29) is 5.91 Å². The predicted octanol–water partition coefficient (Wildman–Crippen LogP) is 3.13. The number of rotatable bonds is 2. The number of pyridine rings is 1. The van der Waals surface area contributed by atoms with E-state index in [4.69, 9.17) is 9.47 Å². The van der Waals surface area contributed by atoms with Gasteiger partial charge in [-0.2, -0.15) is 11.8 Å². The summed E-state index contributed by atoms with van der Waals surface area (Å²) < 4.78 is 10.9. The zero-order valence-corrected chi connectivity index (χ0v) is 14.0. The van der Waals surface area contributed by atoms with E-state index in [0.717, 1.165) is 36.8 Å². The van der Waals surface area contributed by atoms with Crippen LogP contribution in [-0.4, -0.2) is 41.4 Å². The first-order valence-corrected chi connectivity index (χ1v) is 9.06. The number of ether oxygens (including phenoxy) is 2. The molecule has 0 saturated carbocycles. The highest BCUT2D eigenvalue weighted by atomic mass is 32.2. The lowest BCUT2D eigenvalue weighted by Crippen LogP contribution is -2.33. The van der Waals surface area contributed by atoms with Crippen LogP contribution in [0.1, 0.15) is 27.6 Å². The predicted molar refractivity (Wildman–Crippen MR) is 92.5 cm³/mol. The molecule has 5 nitrogen and oxygen atoms in total. The van der Waals surface area contributed by atoms with Crippen molar-refractivity contribution in [2.75, 3.05) is 25.6 Å². The van der Waals surface area contributed by atoms with Crippen molar-refractivity contribution in [1.82, 2.24) is 9.88 Å². The fourth-order valence-corrected chi connectivity index (χ4v) is 4.25. The SMILES string of the molecule is O=C(c1cccnc1)N1CCSC(c2ccc3c(c2)OCO3)CC1. The first-order valence-electron chi connectivity index (χ1n) is 8.02. The number of hydrogen-bond donors (Lipinski definition) is 0. The standard InChI is InChI=1S/C18H18N2O3S/c21-18(14-2-1-6-19-11-14)20-7-5-17(24-9-8-20)13-3-4-15-16(10-13)23-12-22-15/h1-4,6,10-11,17H,5,7-9,12H2. The van der Waals surface area contributed by atoms with Crippen molar-refractivity contribution in [2.24, 2.45) is 0 Å². The van der Waals surface area contributed by atoms with Crippen LogP contribution in [0.3, 0.4) is 0 Å². The van der Waals surface area contributed by atoms with Crippen LogP contribution >= 0.6 is 11.8 Å². The molecule has 0 bridgehead atoms. The van der Waals surface area contributed by atoms with Gasteiger partial charge in [0.05, 0.1) is 5.56 Å². The molecule has 6 heteroatoms. The molecular formula is C18H18N2O3S. The highest BCUT2D eigenvalue weighted by Gasteiger charge is 2.24. The minimum absolute atomic E-state index is 0.0648. The van der Waals surface area contributed by atoms with E-state index in [9.17, 15) is 4.79 Å². The molecule has 1 saturated heterocycles. The van der Waals surface area contributed by atoms with E-state index in [0.29, 0.717) is 17.6 Å². The van der Waals surface area contributed by atoms with E-state index in [2.05, 4.69) is 17.1 Å². The Morgan fingerprint density at radius 2 is 2.12 bits per heavy atom. The van der Waals surface area contributed by atoms with Crippen LogP contribution in [0.25, 0.3) is 0 Å². The maximum Gasteiger partial charge on any atom is 0.255 e. The summed E-state index contributed by atoms with van der Waals surface area (Å²) in [6, 6.07) is 9.77. The van der Waals surface area contributed by atoms with Gasteiger partial charge in [0.25, 0.3) is 5.91 Å². The molecule has 0 spiro atoms. The third-order valence-corrected chi connectivity index (χ3v) is 5.63. The first-order chi connectivity index (χ1) is 11.8. The normalized spacial score (nSPS) is 19.8. The Labute approximate surface area is 145 Å². The second-order valence-corrected chi connectivity index (χ2v) is 7.11. The Kier molecular flexibility index (Phi) is 4.30. The van der Waals surface area contributed by atoms with Gasteiger partial charge in [-0.15, -0.1) is 0 Å². The van der Waals surface area contributed by atoms with Gasteiger partial charge in [0, 0.05) is 36.5 Å². The number of benzene rings is 1. The molecular weight excluding hydrogens is 324 g/mol. The van der Waals surface area contributed by atoms with Gasteiger partial charge < -0.3 is 14.4 Å². The summed E-state index contributed by atoms with van der Waals surface area (Å²) in [5.41, 5.74) is 1.89. The Morgan fingerprint density at radius 3 is 3.00 bits per heavy atom. The van der Waals surface area contributed by atoms with Crippen molar-refractivity contribution >= 4 is 17.7 Å². The quantitative estimate of drug-likeness (QED) is 0.839. The topological polar surface area (TPSA) is 51.7 Å². The molecule has 0 aliphatic carbocycles. The van der Waals surface area contributed by atoms with E-state index < -0.39 is 0 Å². The molecule has 1 aromatic carbocycles. The average Bonchev–Trinajstić information content (AvgIpc) is 2.96. The largest absolute Gasteiger partial charge is 0.454 e. The van der Waals surface area contributed by atoms with Crippen LogP contribution in [0.4, 0.5) is 0 Å². The van der Waals surface area contributed by atoms with E-state index in [1.54, 1.807) is 18.5 Å². The van der Waals surface area contributed by atoms with Crippen molar-refractivity contribution in [3.8, 4) is 11.5 Å². The van der Waals surface area contributed by atoms with Gasteiger partial charge in [-0.25, -0.2) is 0 Å². The Bertz CT molecular complexity index is 738. The van der Waals surface area contributed by atoms with Gasteiger partial charge in [-0.3, -0.25) is 9.78 Å². The number of fused-ring (bicyclic) bond motifs is 1. The molecule has 0 N–H and O–H groups in total. The van der Waals surface area contributed by atoms with Crippen LogP contribution in [-0.2, 0) is 0 Å². The smallest absolute Gasteiger partial charge is 0.255 e. The lowest BCUT2D eigenvalue weighted by Gasteiger charge is -2.20. The van der Waals surface area contributed by atoms with Crippen molar-refractivity contribution in [3.63, 3.8) is 0 Å². The molecule has 4 rings (SSSR count). The Hall–Kier alpha value is -2.21. The van der Waals surface area contributed by atoms with Crippen LogP contribution in [0.15, 0.2) is 42.7 Å². The fraction of sp³-hybridized carbons (Fsp3) is 0.333. The molecule has 1 aromatic heterocycles. The van der Waals surface area contributed by atoms with Gasteiger partial charge in [0.15, 0.2) is 11.5 Å². The third-order valence-electron chi connectivity index (χ3n) is 4.31. The summed E-state index contributed by atoms with van der Waals surface area (Å²) in [5.74, 6) is 2.62. The van der Waals surface area contributed by atoms with Crippen molar-refractivity contribution in [2.45, 2.75) is 11.7 Å². The molecule has 124 valence electrons. The van der Waals surface area contributed by atoms with E-state index in [1.807, 2.05) is 28.8 Å². The van der Waals surface area contributed by atoms with Crippen LogP contribution < -0.4 is 9.47 Å². The minimum Gasteiger partial charge on any atom is -0.454 e. The minimum atomic E-state index is 0.0648. The van der Waals surface area contributed by atoms with Gasteiger partial charge in [0.2, 0.25) is 6.79 Å². The van der Waals surface area contributed by atoms with Gasteiger partial charge >= 0.3 is 0 Å². The summed E-state index contributed by atoms with van der Waals surface area (Å²) in [4.78, 5) is 18.6. The molecule has 1 fully saturated rings. The van der Waals surface area contributed by atoms with E-state index >= 15 is 0 Å². The molecule has 1 unspecified atom stereocenters. The number of hydrogen-bond acceptors (Lipinski definition) is 5. The molecule has 3 heterocycles. The summed E-state index contributed by atoms with van der Waals surface area (Å²) in [7, 11) is 0. The number of nitrogens with zero attached hydrogens (tertiary/aromatic N) is 2. The molecule has 24 heavy (non-hydrogen) atoms. The molecule has 2 aliphatic heterocycles. The monoisotopic (exact) mass is 342 g/mol. The highest BCUT2D eigenvalue weighted by Crippen LogP contribution is 2.40. The Morgan fingerprint density at radius 1 is 1.21 bits per heavy atom. The number of amides is 1. The summed E-state index contributed by atoms with van der Waals surface area (Å²) in [6.45, 7) is 1.81. The molecule has 1 atom stereocenters. The van der Waals surface area contributed by atoms with E-state index in [1.165, 1.54) is 5.56 Å². The molecule has 1 amide bonds. The second-order valence-electron chi connectivity index (χ2n) is 5.79. The number of carbonyl (C=O) groups excluding carboxylic acids is 1. The highest BCUT2D eigenvalue weighted by molar-refractivity contribution is 7.99. The van der Waals surface area contributed by atoms with Gasteiger partial charge in [-0.1, -0.05) is 6.07 Å². The fourth-order valence-electron chi connectivity index (χ4n) is 3.02. The van der Waals surface area contributed by atoms with Crippen molar-refractivity contribution in [1.29, 1.82) is 0 Å². The molecule has 2 aliphatic rings.